The Morgan fingerprint density at radius 1 is 1.43 bits per heavy atom. The maximum Gasteiger partial charge on any atom is 0.0446 e. The highest BCUT2D eigenvalue weighted by molar-refractivity contribution is 4.91. The molecule has 1 unspecified atom stereocenters. The molecule has 0 aliphatic carbocycles. The van der Waals surface area contributed by atoms with Crippen molar-refractivity contribution in [3.05, 3.63) is 0 Å². The predicted molar refractivity (Wildman–Crippen MR) is 60.3 cm³/mol. The number of hydrogen-bond donors (Lipinski definition) is 3. The van der Waals surface area contributed by atoms with Crippen LogP contribution in [0.25, 0.3) is 0 Å². The Balaban J connectivity index is 4.29. The van der Waals surface area contributed by atoms with Gasteiger partial charge < -0.3 is 21.1 Å². The van der Waals surface area contributed by atoms with Gasteiger partial charge in [0.05, 0.1) is 0 Å². The number of rotatable bonds is 7. The smallest absolute Gasteiger partial charge is 0.0446 e. The number of nitrogens with zero attached hydrogens (tertiary/aromatic N) is 1. The lowest BCUT2D eigenvalue weighted by molar-refractivity contribution is 0.117. The summed E-state index contributed by atoms with van der Waals surface area (Å²) < 4.78 is 0. The molecule has 0 fully saturated rings. The highest BCUT2D eigenvalue weighted by Gasteiger charge is 2.30. The van der Waals surface area contributed by atoms with Crippen LogP contribution in [-0.2, 0) is 0 Å². The van der Waals surface area contributed by atoms with Gasteiger partial charge in [-0.1, -0.05) is 0 Å². The van der Waals surface area contributed by atoms with Crippen LogP contribution in [0.4, 0.5) is 0 Å². The van der Waals surface area contributed by atoms with Gasteiger partial charge in [-0.25, -0.2) is 0 Å². The van der Waals surface area contributed by atoms with Gasteiger partial charge in [-0.15, -0.1) is 0 Å². The fourth-order valence-corrected chi connectivity index (χ4v) is 1.40. The van der Waals surface area contributed by atoms with Crippen molar-refractivity contribution in [3.63, 3.8) is 0 Å². The maximum atomic E-state index is 8.99. The summed E-state index contributed by atoms with van der Waals surface area (Å²) in [6.07, 6.45) is 0.755. The third-order valence-electron chi connectivity index (χ3n) is 2.96. The number of aliphatic hydroxyl groups excluding tert-OH is 1. The molecule has 4 nitrogen and oxygen atoms in total. The highest BCUT2D eigenvalue weighted by Crippen LogP contribution is 2.17. The molecule has 4 N–H and O–H groups in total. The van der Waals surface area contributed by atoms with Gasteiger partial charge in [0, 0.05) is 31.3 Å². The Bertz CT molecular complexity index is 148. The van der Waals surface area contributed by atoms with Gasteiger partial charge in [0.15, 0.2) is 0 Å². The number of likely N-dealkylation sites (N-methyl/N-ethyl adjacent to an activating group) is 1. The lowest BCUT2D eigenvalue weighted by atomic mass is 9.91. The van der Waals surface area contributed by atoms with Crippen molar-refractivity contribution < 1.29 is 5.11 Å². The topological polar surface area (TPSA) is 61.5 Å². The summed E-state index contributed by atoms with van der Waals surface area (Å²) in [4.78, 5) is 2.16. The van der Waals surface area contributed by atoms with Crippen molar-refractivity contribution in [2.75, 3.05) is 33.8 Å². The highest BCUT2D eigenvalue weighted by atomic mass is 16.3. The van der Waals surface area contributed by atoms with Gasteiger partial charge >= 0.3 is 0 Å². The third-order valence-corrected chi connectivity index (χ3v) is 2.96. The van der Waals surface area contributed by atoms with Crippen LogP contribution in [0, 0.1) is 0 Å². The molecule has 86 valence electrons. The standard InChI is InChI=1S/C10H25N3O/c1-10(2,13(3)4)9(5-8-14)12-7-6-11/h9,12,14H,5-8,11H2,1-4H3. The van der Waals surface area contributed by atoms with E-state index in [1.807, 2.05) is 0 Å². The molecule has 0 amide bonds. The maximum absolute atomic E-state index is 8.99. The van der Waals surface area contributed by atoms with Crippen LogP contribution < -0.4 is 11.1 Å². The molecule has 0 saturated carbocycles. The zero-order valence-electron chi connectivity index (χ0n) is 9.88. The molecule has 0 spiro atoms. The molecule has 0 aromatic rings. The summed E-state index contributed by atoms with van der Waals surface area (Å²) in [6.45, 7) is 5.96. The summed E-state index contributed by atoms with van der Waals surface area (Å²) in [7, 11) is 4.10. The van der Waals surface area contributed by atoms with Crippen LogP contribution in [0.2, 0.25) is 0 Å². The van der Waals surface area contributed by atoms with E-state index in [0.717, 1.165) is 13.0 Å². The molecule has 0 aliphatic heterocycles. The van der Waals surface area contributed by atoms with Gasteiger partial charge in [-0.2, -0.15) is 0 Å². The lowest BCUT2D eigenvalue weighted by Gasteiger charge is -2.40. The Labute approximate surface area is 87.5 Å². The second-order valence-electron chi connectivity index (χ2n) is 4.36. The zero-order valence-corrected chi connectivity index (χ0v) is 9.88. The Kier molecular flexibility index (Phi) is 6.27. The van der Waals surface area contributed by atoms with E-state index in [-0.39, 0.29) is 18.2 Å². The lowest BCUT2D eigenvalue weighted by Crippen LogP contribution is -2.56. The Hall–Kier alpha value is -0.160. The zero-order chi connectivity index (χ0) is 11.2. The molecular weight excluding hydrogens is 178 g/mol. The quantitative estimate of drug-likeness (QED) is 0.528. The number of nitrogens with two attached hydrogens (primary N) is 1. The average Bonchev–Trinajstić information content (AvgIpc) is 2.11. The van der Waals surface area contributed by atoms with Crippen molar-refractivity contribution in [1.82, 2.24) is 10.2 Å². The molecule has 0 radical (unpaired) electrons. The molecule has 0 saturated heterocycles. The van der Waals surface area contributed by atoms with Crippen molar-refractivity contribution in [2.45, 2.75) is 31.8 Å². The largest absolute Gasteiger partial charge is 0.396 e. The molecule has 0 aromatic heterocycles. The molecule has 0 heterocycles. The number of aliphatic hydroxyl groups is 1. The summed E-state index contributed by atoms with van der Waals surface area (Å²) in [5.74, 6) is 0. The van der Waals surface area contributed by atoms with E-state index in [0.29, 0.717) is 6.54 Å². The third kappa shape index (κ3) is 3.92. The van der Waals surface area contributed by atoms with E-state index in [1.54, 1.807) is 0 Å². The van der Waals surface area contributed by atoms with Crippen molar-refractivity contribution in [1.29, 1.82) is 0 Å². The first kappa shape index (κ1) is 13.8. The van der Waals surface area contributed by atoms with E-state index < -0.39 is 0 Å². The van der Waals surface area contributed by atoms with E-state index >= 15 is 0 Å². The van der Waals surface area contributed by atoms with Gasteiger partial charge in [0.25, 0.3) is 0 Å². The van der Waals surface area contributed by atoms with Crippen LogP contribution in [0.1, 0.15) is 20.3 Å². The summed E-state index contributed by atoms with van der Waals surface area (Å²) in [6, 6.07) is 0.269. The van der Waals surface area contributed by atoms with Crippen molar-refractivity contribution >= 4 is 0 Å². The minimum atomic E-state index is 0.0257. The van der Waals surface area contributed by atoms with Crippen LogP contribution in [0.5, 0.6) is 0 Å². The molecule has 14 heavy (non-hydrogen) atoms. The van der Waals surface area contributed by atoms with Crippen LogP contribution >= 0.6 is 0 Å². The number of nitrogens with one attached hydrogen (secondary N) is 1. The van der Waals surface area contributed by atoms with Crippen LogP contribution in [0.15, 0.2) is 0 Å². The minimum Gasteiger partial charge on any atom is -0.396 e. The van der Waals surface area contributed by atoms with E-state index in [2.05, 4.69) is 38.2 Å². The van der Waals surface area contributed by atoms with E-state index in [9.17, 15) is 0 Å². The summed E-state index contributed by atoms with van der Waals surface area (Å²) in [5.41, 5.74) is 5.48. The molecular formula is C10H25N3O. The molecule has 0 aromatic carbocycles. The van der Waals surface area contributed by atoms with E-state index in [4.69, 9.17) is 10.8 Å². The first-order valence-corrected chi connectivity index (χ1v) is 5.18. The monoisotopic (exact) mass is 203 g/mol. The normalized spacial score (nSPS) is 14.8. The SMILES string of the molecule is CN(C)C(C)(C)C(CCO)NCCN. The fraction of sp³-hybridized carbons (Fsp3) is 1.00. The first-order chi connectivity index (χ1) is 6.46. The minimum absolute atomic E-state index is 0.0257. The predicted octanol–water partition coefficient (Wildman–Crippen LogP) is -0.374. The second kappa shape index (κ2) is 6.35. The summed E-state index contributed by atoms with van der Waals surface area (Å²) >= 11 is 0. The van der Waals surface area contributed by atoms with Gasteiger partial charge in [-0.3, -0.25) is 0 Å². The molecule has 0 aliphatic rings. The Morgan fingerprint density at radius 2 is 2.00 bits per heavy atom. The van der Waals surface area contributed by atoms with Crippen LogP contribution in [0.3, 0.4) is 0 Å². The second-order valence-corrected chi connectivity index (χ2v) is 4.36. The van der Waals surface area contributed by atoms with Crippen LogP contribution in [-0.4, -0.2) is 55.4 Å². The molecule has 1 atom stereocenters. The molecule has 4 heteroatoms. The number of hydrogen-bond acceptors (Lipinski definition) is 4. The van der Waals surface area contributed by atoms with E-state index in [1.165, 1.54) is 0 Å². The molecule has 0 rings (SSSR count). The fourth-order valence-electron chi connectivity index (χ4n) is 1.40. The molecule has 0 bridgehead atoms. The van der Waals surface area contributed by atoms with Gasteiger partial charge in [-0.05, 0) is 34.4 Å². The first-order valence-electron chi connectivity index (χ1n) is 5.18. The van der Waals surface area contributed by atoms with Crippen molar-refractivity contribution in [3.8, 4) is 0 Å². The summed E-state index contributed by atoms with van der Waals surface area (Å²) in [5, 5.41) is 12.4. The van der Waals surface area contributed by atoms with Gasteiger partial charge in [0.1, 0.15) is 0 Å². The van der Waals surface area contributed by atoms with Gasteiger partial charge in [0.2, 0.25) is 0 Å². The van der Waals surface area contributed by atoms with Crippen molar-refractivity contribution in [2.24, 2.45) is 5.73 Å². The average molecular weight is 203 g/mol. The Morgan fingerprint density at radius 3 is 2.36 bits per heavy atom.